The minimum atomic E-state index is -0.322. The average Bonchev–Trinajstić information content (AvgIpc) is 3.05. The number of nitrogens with one attached hydrogen (secondary N) is 1. The SMILES string of the molecule is O=C(Cn1c2c(sc1=O)[C@@H]1c3ccccc3OC[C@@H]1CS2)Nc1cc(Cl)ccc1Cl. The number of fused-ring (bicyclic) bond motifs is 5. The summed E-state index contributed by atoms with van der Waals surface area (Å²) in [4.78, 5) is 26.4. The van der Waals surface area contributed by atoms with Gasteiger partial charge >= 0.3 is 4.87 Å². The van der Waals surface area contributed by atoms with Crippen LogP contribution in [-0.4, -0.2) is 22.8 Å². The zero-order valence-corrected chi connectivity index (χ0v) is 18.7. The molecular formula is C21H16Cl2N2O3S2. The fourth-order valence-electron chi connectivity index (χ4n) is 3.92. The van der Waals surface area contributed by atoms with Gasteiger partial charge in [-0.15, -0.1) is 11.8 Å². The molecule has 30 heavy (non-hydrogen) atoms. The molecular weight excluding hydrogens is 463 g/mol. The van der Waals surface area contributed by atoms with Crippen LogP contribution in [0.5, 0.6) is 5.75 Å². The molecule has 1 amide bonds. The van der Waals surface area contributed by atoms with Gasteiger partial charge in [-0.3, -0.25) is 14.2 Å². The third-order valence-corrected chi connectivity index (χ3v) is 8.34. The van der Waals surface area contributed by atoms with Gasteiger partial charge in [-0.25, -0.2) is 0 Å². The van der Waals surface area contributed by atoms with Crippen LogP contribution in [0.3, 0.4) is 0 Å². The maximum Gasteiger partial charge on any atom is 0.308 e. The second kappa shape index (κ2) is 7.96. The van der Waals surface area contributed by atoms with Crippen molar-refractivity contribution in [1.82, 2.24) is 4.57 Å². The molecule has 3 aromatic rings. The number of anilines is 1. The van der Waals surface area contributed by atoms with E-state index >= 15 is 0 Å². The van der Waals surface area contributed by atoms with Crippen molar-refractivity contribution in [1.29, 1.82) is 0 Å². The molecule has 154 valence electrons. The Kier molecular flexibility index (Phi) is 5.31. The number of thioether (sulfide) groups is 1. The number of carbonyl (C=O) groups excluding carboxylic acids is 1. The standard InChI is InChI=1S/C21H16Cl2N2O3S2/c22-12-5-6-14(23)15(7-12)24-17(26)8-25-20-19(30-21(25)27)18-11(10-29-20)9-28-16-4-2-1-3-13(16)18/h1-7,11,18H,8-10H2,(H,24,26)/t11-,18+/m1/s1. The van der Waals surface area contributed by atoms with Crippen LogP contribution in [0.1, 0.15) is 16.4 Å². The van der Waals surface area contributed by atoms with Crippen LogP contribution < -0.4 is 14.9 Å². The van der Waals surface area contributed by atoms with Crippen molar-refractivity contribution in [2.75, 3.05) is 17.7 Å². The van der Waals surface area contributed by atoms with Crippen LogP contribution in [0.25, 0.3) is 0 Å². The van der Waals surface area contributed by atoms with Gasteiger partial charge in [-0.2, -0.15) is 0 Å². The fourth-order valence-corrected chi connectivity index (χ4v) is 6.95. The number of amides is 1. The van der Waals surface area contributed by atoms with E-state index in [9.17, 15) is 9.59 Å². The Labute approximate surface area is 191 Å². The Balaban J connectivity index is 1.46. The third-order valence-electron chi connectivity index (χ3n) is 5.27. The summed E-state index contributed by atoms with van der Waals surface area (Å²) in [5, 5.41) is 4.49. The number of thiazole rings is 1. The minimum absolute atomic E-state index is 0.0734. The highest BCUT2D eigenvalue weighted by atomic mass is 35.5. The summed E-state index contributed by atoms with van der Waals surface area (Å²) in [7, 11) is 0. The Hall–Kier alpha value is -1.93. The quantitative estimate of drug-likeness (QED) is 0.568. The number of ether oxygens (including phenoxy) is 1. The second-order valence-corrected chi connectivity index (χ2v) is 10.0. The average molecular weight is 479 g/mol. The number of hydrogen-bond acceptors (Lipinski definition) is 5. The smallest absolute Gasteiger partial charge is 0.308 e. The van der Waals surface area contributed by atoms with E-state index in [0.29, 0.717) is 28.3 Å². The molecule has 5 nitrogen and oxygen atoms in total. The molecule has 1 N–H and O–H groups in total. The van der Waals surface area contributed by atoms with E-state index in [1.165, 1.54) is 11.3 Å². The highest BCUT2D eigenvalue weighted by Gasteiger charge is 2.39. The number of rotatable bonds is 3. The molecule has 0 radical (unpaired) electrons. The van der Waals surface area contributed by atoms with Crippen LogP contribution in [0.15, 0.2) is 52.3 Å². The molecule has 0 unspecified atom stereocenters. The first kappa shape index (κ1) is 20.0. The van der Waals surface area contributed by atoms with Gasteiger partial charge in [0.1, 0.15) is 12.3 Å². The predicted molar refractivity (Wildman–Crippen MR) is 122 cm³/mol. The summed E-state index contributed by atoms with van der Waals surface area (Å²) in [5.74, 6) is 1.82. The number of para-hydroxylation sites is 1. The highest BCUT2D eigenvalue weighted by molar-refractivity contribution is 7.99. The lowest BCUT2D eigenvalue weighted by Gasteiger charge is -2.36. The van der Waals surface area contributed by atoms with Crippen LogP contribution >= 0.6 is 46.3 Å². The lowest BCUT2D eigenvalue weighted by Crippen LogP contribution is -2.31. The molecule has 0 spiro atoms. The second-order valence-electron chi connectivity index (χ2n) is 7.19. The van der Waals surface area contributed by atoms with E-state index in [-0.39, 0.29) is 23.2 Å². The lowest BCUT2D eigenvalue weighted by molar-refractivity contribution is -0.116. The van der Waals surface area contributed by atoms with Crippen LogP contribution in [0, 0.1) is 5.92 Å². The number of carbonyl (C=O) groups is 1. The monoisotopic (exact) mass is 478 g/mol. The normalized spacial score (nSPS) is 19.3. The topological polar surface area (TPSA) is 60.3 Å². The van der Waals surface area contributed by atoms with Crippen molar-refractivity contribution >= 4 is 57.9 Å². The van der Waals surface area contributed by atoms with Crippen molar-refractivity contribution < 1.29 is 9.53 Å². The Morgan fingerprint density at radius 3 is 2.93 bits per heavy atom. The van der Waals surface area contributed by atoms with Crippen LogP contribution in [0.2, 0.25) is 10.0 Å². The van der Waals surface area contributed by atoms with E-state index in [1.807, 2.05) is 18.2 Å². The van der Waals surface area contributed by atoms with Gasteiger partial charge in [-0.1, -0.05) is 52.7 Å². The maximum absolute atomic E-state index is 12.8. The molecule has 2 atom stereocenters. The first-order chi connectivity index (χ1) is 14.5. The van der Waals surface area contributed by atoms with Gasteiger partial charge in [0.2, 0.25) is 5.91 Å². The minimum Gasteiger partial charge on any atom is -0.493 e. The Morgan fingerprint density at radius 2 is 2.07 bits per heavy atom. The molecule has 0 aliphatic carbocycles. The van der Waals surface area contributed by atoms with Gasteiger partial charge in [-0.05, 0) is 24.3 Å². The summed E-state index contributed by atoms with van der Waals surface area (Å²) in [6.45, 7) is 0.560. The molecule has 2 aromatic carbocycles. The summed E-state index contributed by atoms with van der Waals surface area (Å²) in [6.07, 6.45) is 0. The molecule has 0 bridgehead atoms. The molecule has 0 saturated carbocycles. The zero-order chi connectivity index (χ0) is 20.8. The van der Waals surface area contributed by atoms with Crippen LogP contribution in [0.4, 0.5) is 5.69 Å². The molecule has 3 heterocycles. The van der Waals surface area contributed by atoms with Gasteiger partial charge in [0.25, 0.3) is 0 Å². The molecule has 9 heteroatoms. The molecule has 0 fully saturated rings. The van der Waals surface area contributed by atoms with Crippen LogP contribution in [-0.2, 0) is 11.3 Å². The largest absolute Gasteiger partial charge is 0.493 e. The summed E-state index contributed by atoms with van der Waals surface area (Å²) >= 11 is 15.0. The van der Waals surface area contributed by atoms with Crippen molar-refractivity contribution in [3.05, 3.63) is 72.6 Å². The third kappa shape index (κ3) is 3.54. The van der Waals surface area contributed by atoms with Gasteiger partial charge in [0, 0.05) is 33.1 Å². The molecule has 1 aromatic heterocycles. The molecule has 0 saturated heterocycles. The van der Waals surface area contributed by atoms with E-state index in [4.69, 9.17) is 27.9 Å². The predicted octanol–water partition coefficient (Wildman–Crippen LogP) is 5.10. The Bertz CT molecular complexity index is 1210. The van der Waals surface area contributed by atoms with Gasteiger partial charge in [0.05, 0.1) is 22.3 Å². The molecule has 2 aliphatic heterocycles. The number of benzene rings is 2. The fraction of sp³-hybridized carbons (Fsp3) is 0.238. The van der Waals surface area contributed by atoms with Crippen molar-refractivity contribution in [2.45, 2.75) is 17.5 Å². The number of hydrogen-bond donors (Lipinski definition) is 1. The number of aromatic nitrogens is 1. The zero-order valence-electron chi connectivity index (χ0n) is 15.6. The summed E-state index contributed by atoms with van der Waals surface area (Å²) in [5.41, 5.74) is 1.54. The number of nitrogens with zero attached hydrogens (tertiary/aromatic N) is 1. The molecule has 2 aliphatic rings. The lowest BCUT2D eigenvalue weighted by atomic mass is 9.84. The Morgan fingerprint density at radius 1 is 1.23 bits per heavy atom. The molecule has 5 rings (SSSR count). The summed E-state index contributed by atoms with van der Waals surface area (Å²) < 4.78 is 7.48. The van der Waals surface area contributed by atoms with Crippen molar-refractivity contribution in [3.8, 4) is 5.75 Å². The number of halogens is 2. The summed E-state index contributed by atoms with van der Waals surface area (Å²) in [6, 6.07) is 12.8. The van der Waals surface area contributed by atoms with Gasteiger partial charge in [0.15, 0.2) is 0 Å². The highest BCUT2D eigenvalue weighted by Crippen LogP contribution is 2.50. The van der Waals surface area contributed by atoms with Crippen molar-refractivity contribution in [3.63, 3.8) is 0 Å². The maximum atomic E-state index is 12.8. The van der Waals surface area contributed by atoms with E-state index in [1.54, 1.807) is 34.5 Å². The van der Waals surface area contributed by atoms with Gasteiger partial charge < -0.3 is 10.1 Å². The van der Waals surface area contributed by atoms with E-state index < -0.39 is 0 Å². The van der Waals surface area contributed by atoms with E-state index in [0.717, 1.165) is 27.0 Å². The first-order valence-corrected chi connectivity index (χ1v) is 11.9. The first-order valence-electron chi connectivity index (χ1n) is 9.34. The van der Waals surface area contributed by atoms with Crippen molar-refractivity contribution in [2.24, 2.45) is 5.92 Å². The van der Waals surface area contributed by atoms with E-state index in [2.05, 4.69) is 11.4 Å².